The van der Waals surface area contributed by atoms with Gasteiger partial charge in [0, 0.05) is 40.8 Å². The van der Waals surface area contributed by atoms with Gasteiger partial charge in [0.15, 0.2) is 0 Å². The van der Waals surface area contributed by atoms with E-state index in [1.165, 1.54) is 68.0 Å². The van der Waals surface area contributed by atoms with Crippen LogP contribution in [0, 0.1) is 17.2 Å². The quantitative estimate of drug-likeness (QED) is 0.412. The Morgan fingerprint density at radius 2 is 1.64 bits per heavy atom. The summed E-state index contributed by atoms with van der Waals surface area (Å²) in [6, 6.07) is 15.7. The van der Waals surface area contributed by atoms with Crippen LogP contribution < -0.4 is 5.32 Å². The summed E-state index contributed by atoms with van der Waals surface area (Å²) in [5.74, 6) is -0.949. The van der Waals surface area contributed by atoms with E-state index in [9.17, 15) is 14.9 Å². The van der Waals surface area contributed by atoms with Crippen molar-refractivity contribution in [2.45, 2.75) is 70.6 Å². The minimum atomic E-state index is -0.631. The number of carbonyl (C=O) groups excluding carboxylic acids is 2. The van der Waals surface area contributed by atoms with Crippen molar-refractivity contribution in [1.82, 2.24) is 4.90 Å². The highest BCUT2D eigenvalue weighted by atomic mass is 32.2. The van der Waals surface area contributed by atoms with Crippen molar-refractivity contribution in [2.24, 2.45) is 10.9 Å². The molecule has 0 spiro atoms. The third kappa shape index (κ3) is 8.06. The Kier molecular flexibility index (Phi) is 11.2. The number of allylic oxidation sites excluding steroid dienone is 1. The van der Waals surface area contributed by atoms with Crippen LogP contribution in [-0.2, 0) is 9.59 Å². The molecule has 6 nitrogen and oxygen atoms in total. The number of anilines is 1. The summed E-state index contributed by atoms with van der Waals surface area (Å²) >= 11 is 2.89. The highest BCUT2D eigenvalue weighted by Crippen LogP contribution is 2.43. The maximum Gasteiger partial charge on any atom is 0.254 e. The fourth-order valence-corrected chi connectivity index (χ4v) is 7.21. The molecule has 2 unspecified atom stereocenters. The molecule has 206 valence electrons. The Bertz CT molecular complexity index is 1190. The van der Waals surface area contributed by atoms with Gasteiger partial charge in [-0.25, -0.2) is 4.99 Å². The molecule has 0 aliphatic carbocycles. The van der Waals surface area contributed by atoms with E-state index in [1.54, 1.807) is 0 Å². The Morgan fingerprint density at radius 1 is 1.00 bits per heavy atom. The Balaban J connectivity index is 1.51. The van der Waals surface area contributed by atoms with E-state index in [0.29, 0.717) is 22.0 Å². The number of amides is 2. The van der Waals surface area contributed by atoms with Crippen LogP contribution in [0.1, 0.15) is 75.5 Å². The second-order valence-electron chi connectivity index (χ2n) is 10.2. The van der Waals surface area contributed by atoms with Crippen LogP contribution in [-0.4, -0.2) is 40.6 Å². The second kappa shape index (κ2) is 15.0. The van der Waals surface area contributed by atoms with Crippen LogP contribution in [0.5, 0.6) is 0 Å². The molecule has 2 atom stereocenters. The smallest absolute Gasteiger partial charge is 0.254 e. The van der Waals surface area contributed by atoms with Crippen molar-refractivity contribution in [1.29, 1.82) is 5.26 Å². The lowest BCUT2D eigenvalue weighted by atomic mass is 9.82. The largest absolute Gasteiger partial charge is 0.342 e. The lowest BCUT2D eigenvalue weighted by Crippen LogP contribution is -2.35. The molecule has 0 saturated carbocycles. The van der Waals surface area contributed by atoms with Crippen molar-refractivity contribution in [3.8, 4) is 6.07 Å². The van der Waals surface area contributed by atoms with Gasteiger partial charge in [-0.3, -0.25) is 9.59 Å². The highest BCUT2D eigenvalue weighted by Gasteiger charge is 2.39. The first-order chi connectivity index (χ1) is 19.1. The number of nitrogens with zero attached hydrogens (tertiary/aromatic N) is 3. The van der Waals surface area contributed by atoms with Gasteiger partial charge in [-0.1, -0.05) is 81.0 Å². The molecule has 1 aromatic heterocycles. The molecule has 3 heterocycles. The number of para-hydroxylation sites is 1. The van der Waals surface area contributed by atoms with Crippen molar-refractivity contribution in [3.63, 3.8) is 0 Å². The number of benzene rings is 1. The average molecular weight is 563 g/mol. The van der Waals surface area contributed by atoms with Crippen LogP contribution in [0.15, 0.2) is 64.1 Å². The minimum Gasteiger partial charge on any atom is -0.342 e. The molecule has 39 heavy (non-hydrogen) atoms. The minimum absolute atomic E-state index is 0.110. The molecule has 0 radical (unpaired) electrons. The summed E-state index contributed by atoms with van der Waals surface area (Å²) < 4.78 is 0. The van der Waals surface area contributed by atoms with Crippen molar-refractivity contribution < 1.29 is 9.59 Å². The van der Waals surface area contributed by atoms with E-state index >= 15 is 0 Å². The first-order valence-electron chi connectivity index (χ1n) is 14.1. The van der Waals surface area contributed by atoms with Crippen LogP contribution in [0.25, 0.3) is 0 Å². The van der Waals surface area contributed by atoms with Gasteiger partial charge in [-0.2, -0.15) is 5.26 Å². The van der Waals surface area contributed by atoms with Crippen LogP contribution in [0.2, 0.25) is 0 Å². The summed E-state index contributed by atoms with van der Waals surface area (Å²) in [7, 11) is 0. The molecule has 2 aromatic rings. The first-order valence-corrected chi connectivity index (χ1v) is 15.9. The molecule has 1 fully saturated rings. The number of aliphatic imine (C=N–C) groups is 1. The number of thioether (sulfide) groups is 1. The highest BCUT2D eigenvalue weighted by molar-refractivity contribution is 8.14. The fraction of sp³-hybridized carbons (Fsp3) is 0.484. The molecule has 1 saturated heterocycles. The predicted molar refractivity (Wildman–Crippen MR) is 162 cm³/mol. The summed E-state index contributed by atoms with van der Waals surface area (Å²) in [4.78, 5) is 34.5. The number of hydrogen-bond donors (Lipinski definition) is 1. The topological polar surface area (TPSA) is 85.6 Å². The second-order valence-corrected chi connectivity index (χ2v) is 12.2. The van der Waals surface area contributed by atoms with Gasteiger partial charge in [0.05, 0.1) is 16.9 Å². The molecular weight excluding hydrogens is 525 g/mol. The zero-order chi connectivity index (χ0) is 27.5. The number of nitriles is 1. The van der Waals surface area contributed by atoms with E-state index in [1.807, 2.05) is 59.7 Å². The predicted octanol–water partition coefficient (Wildman–Crippen LogP) is 7.38. The summed E-state index contributed by atoms with van der Waals surface area (Å²) in [5, 5.41) is 15.9. The standard InChI is InChI=1S/C31H38N4O2S2/c1-23-28(30(37)34-24-15-10-9-11-16-24)29(26-17-14-20-38-26)25(21-32)31(33-23)39-22-27(36)35-18-12-7-5-3-2-4-6-8-13-19-35/h9-11,14-17,20,25,29H,2-8,12-13,18-19,22H2,1H3,(H,34,37). The molecule has 8 heteroatoms. The van der Waals surface area contributed by atoms with E-state index in [2.05, 4.69) is 11.4 Å². The summed E-state index contributed by atoms with van der Waals surface area (Å²) in [6.45, 7) is 3.43. The lowest BCUT2D eigenvalue weighted by molar-refractivity contribution is -0.128. The van der Waals surface area contributed by atoms with Crippen LogP contribution in [0.3, 0.4) is 0 Å². The Hall–Kier alpha value is -2.89. The molecule has 2 amide bonds. The zero-order valence-corrected chi connectivity index (χ0v) is 24.4. The summed E-state index contributed by atoms with van der Waals surface area (Å²) in [5.41, 5.74) is 1.79. The van der Waals surface area contributed by atoms with E-state index in [4.69, 9.17) is 4.99 Å². The molecular formula is C31H38N4O2S2. The molecule has 0 bridgehead atoms. The lowest BCUT2D eigenvalue weighted by Gasteiger charge is -2.30. The van der Waals surface area contributed by atoms with Crippen molar-refractivity contribution in [3.05, 3.63) is 64.0 Å². The first kappa shape index (κ1) is 29.1. The number of rotatable bonds is 5. The molecule has 2 aliphatic heterocycles. The Morgan fingerprint density at radius 3 is 2.23 bits per heavy atom. The van der Waals surface area contributed by atoms with Crippen molar-refractivity contribution in [2.75, 3.05) is 24.2 Å². The van der Waals surface area contributed by atoms with Gasteiger partial charge in [-0.05, 0) is 43.3 Å². The average Bonchev–Trinajstić information content (AvgIpc) is 3.47. The van der Waals surface area contributed by atoms with Crippen LogP contribution in [0.4, 0.5) is 5.69 Å². The number of hydrogen-bond acceptors (Lipinski definition) is 6. The van der Waals surface area contributed by atoms with E-state index in [-0.39, 0.29) is 17.6 Å². The Labute approximate surface area is 240 Å². The van der Waals surface area contributed by atoms with E-state index in [0.717, 1.165) is 30.8 Å². The number of thiophene rings is 1. The van der Waals surface area contributed by atoms with E-state index < -0.39 is 11.8 Å². The maximum atomic E-state index is 13.5. The third-order valence-electron chi connectivity index (χ3n) is 7.40. The maximum absolute atomic E-state index is 13.5. The van der Waals surface area contributed by atoms with Gasteiger partial charge < -0.3 is 10.2 Å². The number of carbonyl (C=O) groups is 2. The van der Waals surface area contributed by atoms with Gasteiger partial charge in [0.1, 0.15) is 5.92 Å². The van der Waals surface area contributed by atoms with Gasteiger partial charge in [-0.15, -0.1) is 11.3 Å². The van der Waals surface area contributed by atoms with Gasteiger partial charge >= 0.3 is 0 Å². The van der Waals surface area contributed by atoms with Crippen LogP contribution >= 0.6 is 23.1 Å². The molecule has 1 N–H and O–H groups in total. The molecule has 4 rings (SSSR count). The SMILES string of the molecule is CC1=C(C(=O)Nc2ccccc2)C(c2cccs2)C(C#N)C(SCC(=O)N2CCCCCCCCCCC2)=N1. The zero-order valence-electron chi connectivity index (χ0n) is 22.7. The molecule has 2 aliphatic rings. The van der Waals surface area contributed by atoms with Crippen molar-refractivity contribution >= 4 is 45.6 Å². The monoisotopic (exact) mass is 562 g/mol. The molecule has 1 aromatic carbocycles. The summed E-state index contributed by atoms with van der Waals surface area (Å²) in [6.07, 6.45) is 10.8. The van der Waals surface area contributed by atoms with Gasteiger partial charge in [0.25, 0.3) is 5.91 Å². The fourth-order valence-electron chi connectivity index (χ4n) is 5.31. The third-order valence-corrected chi connectivity index (χ3v) is 9.38. The number of nitrogens with one attached hydrogen (secondary N) is 1. The normalized spacial score (nSPS) is 21.2. The van der Waals surface area contributed by atoms with Gasteiger partial charge in [0.2, 0.25) is 5.91 Å².